The van der Waals surface area contributed by atoms with E-state index in [-0.39, 0.29) is 0 Å². The van der Waals surface area contributed by atoms with Gasteiger partial charge in [-0.2, -0.15) is 0 Å². The zero-order valence-electron chi connectivity index (χ0n) is 10.9. The van der Waals surface area contributed by atoms with E-state index in [4.69, 9.17) is 0 Å². The van der Waals surface area contributed by atoms with Crippen LogP contribution in [0.15, 0.2) is 36.7 Å². The van der Waals surface area contributed by atoms with Gasteiger partial charge in [0.2, 0.25) is 6.41 Å². The Bertz CT molecular complexity index is 751. The first-order valence-corrected chi connectivity index (χ1v) is 6.21. The minimum atomic E-state index is 0.439. The molecule has 1 amide bonds. The number of imidazole rings is 1. The van der Waals surface area contributed by atoms with Gasteiger partial charge in [-0.15, -0.1) is 0 Å². The van der Waals surface area contributed by atoms with E-state index in [0.717, 1.165) is 5.56 Å². The summed E-state index contributed by atoms with van der Waals surface area (Å²) in [7, 11) is 0. The molecule has 0 aliphatic heterocycles. The summed E-state index contributed by atoms with van der Waals surface area (Å²) in [4.78, 5) is 23.5. The Labute approximate surface area is 115 Å². The summed E-state index contributed by atoms with van der Waals surface area (Å²) < 4.78 is 1.94. The van der Waals surface area contributed by atoms with Gasteiger partial charge in [0.15, 0.2) is 17.0 Å². The number of nitrogens with one attached hydrogen (secondary N) is 1. The van der Waals surface area contributed by atoms with Crippen LogP contribution < -0.4 is 5.32 Å². The van der Waals surface area contributed by atoms with Gasteiger partial charge >= 0.3 is 0 Å². The van der Waals surface area contributed by atoms with Crippen molar-refractivity contribution in [3.8, 4) is 0 Å². The molecule has 2 aromatic heterocycles. The van der Waals surface area contributed by atoms with Crippen LogP contribution >= 0.6 is 0 Å². The lowest BCUT2D eigenvalue weighted by Crippen LogP contribution is -2.04. The standard InChI is InChI=1S/C14H13N5O/c1-10-17-13(16-9-20)12-14(18-10)19(8-15-12)7-11-5-3-2-4-6-11/h2-6,8-9H,7H2,1H3,(H,16,17,18,20). The summed E-state index contributed by atoms with van der Waals surface area (Å²) in [6.45, 7) is 2.46. The summed E-state index contributed by atoms with van der Waals surface area (Å²) >= 11 is 0. The normalized spacial score (nSPS) is 10.7. The second-order valence-corrected chi connectivity index (χ2v) is 4.41. The fourth-order valence-corrected chi connectivity index (χ4v) is 2.11. The number of aromatic nitrogens is 4. The molecular weight excluding hydrogens is 254 g/mol. The minimum Gasteiger partial charge on any atom is -0.311 e. The largest absolute Gasteiger partial charge is 0.311 e. The van der Waals surface area contributed by atoms with Crippen LogP contribution in [0.1, 0.15) is 11.4 Å². The van der Waals surface area contributed by atoms with Crippen molar-refractivity contribution in [3.63, 3.8) is 0 Å². The monoisotopic (exact) mass is 267 g/mol. The molecule has 0 aliphatic carbocycles. The molecular formula is C14H13N5O. The molecule has 0 saturated carbocycles. The van der Waals surface area contributed by atoms with Crippen LogP contribution in [0.2, 0.25) is 0 Å². The molecule has 0 atom stereocenters. The SMILES string of the molecule is Cc1nc(NC=O)c2ncn(Cc3ccccc3)c2n1. The van der Waals surface area contributed by atoms with E-state index in [1.54, 1.807) is 13.3 Å². The third kappa shape index (κ3) is 2.23. The molecule has 3 aromatic rings. The molecule has 0 bridgehead atoms. The Morgan fingerprint density at radius 3 is 2.80 bits per heavy atom. The maximum Gasteiger partial charge on any atom is 0.212 e. The van der Waals surface area contributed by atoms with Crippen molar-refractivity contribution < 1.29 is 4.79 Å². The first-order chi connectivity index (χ1) is 9.78. The van der Waals surface area contributed by atoms with Gasteiger partial charge in [-0.3, -0.25) is 4.79 Å². The topological polar surface area (TPSA) is 72.7 Å². The van der Waals surface area contributed by atoms with Gasteiger partial charge in [-0.05, 0) is 12.5 Å². The third-order valence-electron chi connectivity index (χ3n) is 2.97. The van der Waals surface area contributed by atoms with Crippen molar-refractivity contribution >= 4 is 23.4 Å². The Balaban J connectivity index is 2.06. The molecule has 0 aliphatic rings. The van der Waals surface area contributed by atoms with Crippen molar-refractivity contribution in [1.82, 2.24) is 19.5 Å². The van der Waals surface area contributed by atoms with Crippen LogP contribution in [0, 0.1) is 6.92 Å². The summed E-state index contributed by atoms with van der Waals surface area (Å²) in [5.74, 6) is 1.03. The predicted molar refractivity (Wildman–Crippen MR) is 75.3 cm³/mol. The summed E-state index contributed by atoms with van der Waals surface area (Å²) in [6.07, 6.45) is 2.30. The van der Waals surface area contributed by atoms with E-state index < -0.39 is 0 Å². The van der Waals surface area contributed by atoms with Gasteiger partial charge in [0.05, 0.1) is 12.9 Å². The van der Waals surface area contributed by atoms with Crippen molar-refractivity contribution in [2.45, 2.75) is 13.5 Å². The third-order valence-corrected chi connectivity index (χ3v) is 2.97. The predicted octanol–water partition coefficient (Wildman–Crippen LogP) is 1.75. The highest BCUT2D eigenvalue weighted by molar-refractivity contribution is 5.88. The van der Waals surface area contributed by atoms with Gasteiger partial charge in [0.1, 0.15) is 5.82 Å². The zero-order valence-corrected chi connectivity index (χ0v) is 10.9. The van der Waals surface area contributed by atoms with Crippen molar-refractivity contribution in [1.29, 1.82) is 0 Å². The number of aryl methyl sites for hydroxylation is 1. The Hall–Kier alpha value is -2.76. The lowest BCUT2D eigenvalue weighted by molar-refractivity contribution is -0.105. The van der Waals surface area contributed by atoms with E-state index in [1.165, 1.54) is 0 Å². The first kappa shape index (κ1) is 12.3. The molecule has 0 saturated heterocycles. The van der Waals surface area contributed by atoms with E-state index in [9.17, 15) is 4.79 Å². The van der Waals surface area contributed by atoms with Gasteiger partial charge < -0.3 is 9.88 Å². The van der Waals surface area contributed by atoms with Crippen LogP contribution in [0.25, 0.3) is 11.2 Å². The fraction of sp³-hybridized carbons (Fsp3) is 0.143. The van der Waals surface area contributed by atoms with E-state index in [2.05, 4.69) is 20.3 Å². The van der Waals surface area contributed by atoms with Crippen molar-refractivity contribution in [2.75, 3.05) is 5.32 Å². The van der Waals surface area contributed by atoms with E-state index >= 15 is 0 Å². The number of rotatable bonds is 4. The summed E-state index contributed by atoms with van der Waals surface area (Å²) in [5, 5.41) is 2.56. The number of nitrogens with zero attached hydrogens (tertiary/aromatic N) is 4. The number of hydrogen-bond acceptors (Lipinski definition) is 4. The molecule has 6 nitrogen and oxygen atoms in total. The molecule has 100 valence electrons. The average molecular weight is 267 g/mol. The highest BCUT2D eigenvalue weighted by Crippen LogP contribution is 2.19. The van der Waals surface area contributed by atoms with Crippen LogP contribution in [0.5, 0.6) is 0 Å². The number of benzene rings is 1. The van der Waals surface area contributed by atoms with Gasteiger partial charge in [0, 0.05) is 0 Å². The number of carbonyl (C=O) groups excluding carboxylic acids is 1. The maximum atomic E-state index is 10.6. The van der Waals surface area contributed by atoms with E-state index in [0.29, 0.717) is 35.8 Å². The molecule has 2 heterocycles. The maximum absolute atomic E-state index is 10.6. The van der Waals surface area contributed by atoms with Crippen LogP contribution in [-0.4, -0.2) is 25.9 Å². The summed E-state index contributed by atoms with van der Waals surface area (Å²) in [6, 6.07) is 10.1. The van der Waals surface area contributed by atoms with Crippen LogP contribution in [0.4, 0.5) is 5.82 Å². The molecule has 6 heteroatoms. The quantitative estimate of drug-likeness (QED) is 0.731. The molecule has 0 radical (unpaired) electrons. The zero-order chi connectivity index (χ0) is 13.9. The Morgan fingerprint density at radius 2 is 2.05 bits per heavy atom. The number of hydrogen-bond donors (Lipinski definition) is 1. The van der Waals surface area contributed by atoms with Crippen molar-refractivity contribution in [3.05, 3.63) is 48.0 Å². The van der Waals surface area contributed by atoms with Crippen LogP contribution in [-0.2, 0) is 11.3 Å². The first-order valence-electron chi connectivity index (χ1n) is 6.21. The minimum absolute atomic E-state index is 0.439. The molecule has 3 rings (SSSR count). The molecule has 1 N–H and O–H groups in total. The number of anilines is 1. The average Bonchev–Trinajstić information content (AvgIpc) is 2.83. The second kappa shape index (κ2) is 5.08. The number of carbonyl (C=O) groups is 1. The van der Waals surface area contributed by atoms with Crippen molar-refractivity contribution in [2.24, 2.45) is 0 Å². The Morgan fingerprint density at radius 1 is 1.25 bits per heavy atom. The highest BCUT2D eigenvalue weighted by atomic mass is 16.1. The molecule has 1 aromatic carbocycles. The highest BCUT2D eigenvalue weighted by Gasteiger charge is 2.11. The van der Waals surface area contributed by atoms with Gasteiger partial charge in [-0.1, -0.05) is 30.3 Å². The molecule has 0 spiro atoms. The number of fused-ring (bicyclic) bond motifs is 1. The number of amides is 1. The van der Waals surface area contributed by atoms with Crippen LogP contribution in [0.3, 0.4) is 0 Å². The molecule has 20 heavy (non-hydrogen) atoms. The lowest BCUT2D eigenvalue weighted by Gasteiger charge is -2.05. The lowest BCUT2D eigenvalue weighted by atomic mass is 10.2. The fourth-order valence-electron chi connectivity index (χ4n) is 2.11. The smallest absolute Gasteiger partial charge is 0.212 e. The molecule has 0 fully saturated rings. The second-order valence-electron chi connectivity index (χ2n) is 4.41. The van der Waals surface area contributed by atoms with Gasteiger partial charge in [0.25, 0.3) is 0 Å². The van der Waals surface area contributed by atoms with E-state index in [1.807, 2.05) is 34.9 Å². The Kier molecular flexibility index (Phi) is 3.12. The summed E-state index contributed by atoms with van der Waals surface area (Å²) in [5.41, 5.74) is 2.47. The van der Waals surface area contributed by atoms with Gasteiger partial charge in [-0.25, -0.2) is 15.0 Å². The molecule has 0 unspecified atom stereocenters.